The van der Waals surface area contributed by atoms with Gasteiger partial charge in [-0.25, -0.2) is 0 Å². The number of nitrogens with one attached hydrogen (secondary N) is 1. The predicted octanol–water partition coefficient (Wildman–Crippen LogP) is 2.09. The summed E-state index contributed by atoms with van der Waals surface area (Å²) in [6.45, 7) is 9.61. The minimum atomic E-state index is 0.356. The van der Waals surface area contributed by atoms with Crippen molar-refractivity contribution in [3.05, 3.63) is 0 Å². The van der Waals surface area contributed by atoms with Crippen LogP contribution in [0.3, 0.4) is 0 Å². The molecule has 3 unspecified atom stereocenters. The Hall–Kier alpha value is 0.170. The van der Waals surface area contributed by atoms with Crippen LogP contribution < -0.4 is 5.32 Å². The Balaban J connectivity index is 1.61. The molecule has 1 heterocycles. The Bertz CT molecular complexity index is 250. The zero-order valence-electron chi connectivity index (χ0n) is 11.7. The highest BCUT2D eigenvalue weighted by atomic mass is 35.5. The van der Waals surface area contributed by atoms with Crippen LogP contribution in [0.1, 0.15) is 33.1 Å². The van der Waals surface area contributed by atoms with Crippen LogP contribution in [-0.4, -0.2) is 55.2 Å². The first-order valence-electron chi connectivity index (χ1n) is 7.35. The lowest BCUT2D eigenvalue weighted by Crippen LogP contribution is -2.49. The van der Waals surface area contributed by atoms with Crippen molar-refractivity contribution in [1.82, 2.24) is 10.2 Å². The number of alkyl halides is 1. The van der Waals surface area contributed by atoms with Gasteiger partial charge in [0, 0.05) is 31.1 Å². The summed E-state index contributed by atoms with van der Waals surface area (Å²) in [5.74, 6) is 0.775. The van der Waals surface area contributed by atoms with E-state index < -0.39 is 0 Å². The Morgan fingerprint density at radius 2 is 2.17 bits per heavy atom. The fraction of sp³-hybridized carbons (Fsp3) is 1.00. The van der Waals surface area contributed by atoms with Crippen LogP contribution >= 0.6 is 11.6 Å². The molecule has 0 bridgehead atoms. The van der Waals surface area contributed by atoms with Gasteiger partial charge in [0.05, 0.1) is 12.7 Å². The molecule has 1 aliphatic heterocycles. The van der Waals surface area contributed by atoms with Crippen molar-refractivity contribution in [3.8, 4) is 0 Å². The molecule has 2 rings (SSSR count). The van der Waals surface area contributed by atoms with Gasteiger partial charge in [-0.05, 0) is 45.6 Å². The average molecular weight is 275 g/mol. The maximum absolute atomic E-state index is 6.13. The molecule has 18 heavy (non-hydrogen) atoms. The number of ether oxygens (including phenoxy) is 1. The quantitative estimate of drug-likeness (QED) is 0.777. The van der Waals surface area contributed by atoms with Crippen molar-refractivity contribution in [2.45, 2.75) is 50.6 Å². The van der Waals surface area contributed by atoms with E-state index in [2.05, 4.69) is 24.1 Å². The van der Waals surface area contributed by atoms with Crippen molar-refractivity contribution < 1.29 is 4.74 Å². The summed E-state index contributed by atoms with van der Waals surface area (Å²) in [5.41, 5.74) is 0. The molecular weight excluding hydrogens is 248 g/mol. The molecule has 1 saturated heterocycles. The summed E-state index contributed by atoms with van der Waals surface area (Å²) >= 11 is 6.13. The minimum Gasteiger partial charge on any atom is -0.374 e. The lowest BCUT2D eigenvalue weighted by atomic mass is 10.1. The number of halogens is 1. The molecule has 0 amide bonds. The molecule has 0 radical (unpaired) electrons. The second-order valence-electron chi connectivity index (χ2n) is 6.02. The standard InChI is InChI=1S/C14H27ClN2O/c1-11(2)17-5-6-18-14(10-17)9-16-8-12-3-4-13(15)7-12/h11-14,16H,3-10H2,1-2H3. The average Bonchev–Trinajstić information content (AvgIpc) is 2.75. The Labute approximate surface area is 116 Å². The first-order valence-corrected chi connectivity index (χ1v) is 7.79. The van der Waals surface area contributed by atoms with Crippen LogP contribution in [0.15, 0.2) is 0 Å². The Morgan fingerprint density at radius 1 is 1.33 bits per heavy atom. The number of hydrogen-bond donors (Lipinski definition) is 1. The van der Waals surface area contributed by atoms with E-state index in [1.165, 1.54) is 19.3 Å². The number of hydrogen-bond acceptors (Lipinski definition) is 3. The number of nitrogens with zero attached hydrogens (tertiary/aromatic N) is 1. The third-order valence-electron chi connectivity index (χ3n) is 4.18. The molecule has 106 valence electrons. The van der Waals surface area contributed by atoms with E-state index in [1.54, 1.807) is 0 Å². The summed E-state index contributed by atoms with van der Waals surface area (Å²) in [7, 11) is 0. The van der Waals surface area contributed by atoms with Crippen LogP contribution in [-0.2, 0) is 4.74 Å². The molecule has 4 heteroatoms. The van der Waals surface area contributed by atoms with Crippen LogP contribution in [0.25, 0.3) is 0 Å². The summed E-state index contributed by atoms with van der Waals surface area (Å²) in [6, 6.07) is 0.628. The summed E-state index contributed by atoms with van der Waals surface area (Å²) < 4.78 is 5.81. The molecule has 2 fully saturated rings. The van der Waals surface area contributed by atoms with Gasteiger partial charge in [0.25, 0.3) is 0 Å². The van der Waals surface area contributed by atoms with Crippen molar-refractivity contribution in [2.24, 2.45) is 5.92 Å². The van der Waals surface area contributed by atoms with E-state index in [4.69, 9.17) is 16.3 Å². The fourth-order valence-electron chi connectivity index (χ4n) is 2.98. The maximum Gasteiger partial charge on any atom is 0.0826 e. The molecular formula is C14H27ClN2O. The van der Waals surface area contributed by atoms with Crippen LogP contribution in [0, 0.1) is 5.92 Å². The van der Waals surface area contributed by atoms with E-state index in [0.717, 1.165) is 38.7 Å². The lowest BCUT2D eigenvalue weighted by Gasteiger charge is -2.35. The van der Waals surface area contributed by atoms with Gasteiger partial charge in [-0.3, -0.25) is 4.90 Å². The van der Waals surface area contributed by atoms with Gasteiger partial charge in [0.2, 0.25) is 0 Å². The summed E-state index contributed by atoms with van der Waals surface area (Å²) in [4.78, 5) is 2.50. The highest BCUT2D eigenvalue weighted by Gasteiger charge is 2.24. The van der Waals surface area contributed by atoms with Crippen molar-refractivity contribution >= 4 is 11.6 Å². The SMILES string of the molecule is CC(C)N1CCOC(CNCC2CCC(Cl)C2)C1. The highest BCUT2D eigenvalue weighted by molar-refractivity contribution is 6.20. The molecule has 2 aliphatic rings. The molecule has 0 aromatic rings. The van der Waals surface area contributed by atoms with Gasteiger partial charge >= 0.3 is 0 Å². The second kappa shape index (κ2) is 7.09. The van der Waals surface area contributed by atoms with E-state index >= 15 is 0 Å². The largest absolute Gasteiger partial charge is 0.374 e. The van der Waals surface area contributed by atoms with E-state index in [-0.39, 0.29) is 0 Å². The first-order chi connectivity index (χ1) is 8.65. The number of morpholine rings is 1. The Morgan fingerprint density at radius 3 is 2.83 bits per heavy atom. The van der Waals surface area contributed by atoms with Gasteiger partial charge in [-0.15, -0.1) is 11.6 Å². The maximum atomic E-state index is 6.13. The summed E-state index contributed by atoms with van der Waals surface area (Å²) in [6.07, 6.45) is 4.01. The zero-order chi connectivity index (χ0) is 13.0. The monoisotopic (exact) mass is 274 g/mol. The molecule has 3 nitrogen and oxygen atoms in total. The molecule has 0 aromatic heterocycles. The zero-order valence-corrected chi connectivity index (χ0v) is 12.5. The van der Waals surface area contributed by atoms with Gasteiger partial charge in [0.15, 0.2) is 0 Å². The topological polar surface area (TPSA) is 24.5 Å². The van der Waals surface area contributed by atoms with Gasteiger partial charge in [0.1, 0.15) is 0 Å². The van der Waals surface area contributed by atoms with E-state index in [0.29, 0.717) is 17.5 Å². The molecule has 0 spiro atoms. The van der Waals surface area contributed by atoms with Crippen molar-refractivity contribution in [2.75, 3.05) is 32.8 Å². The first kappa shape index (κ1) is 14.6. The molecule has 1 saturated carbocycles. The third kappa shape index (κ3) is 4.37. The third-order valence-corrected chi connectivity index (χ3v) is 4.58. The second-order valence-corrected chi connectivity index (χ2v) is 6.63. The fourth-order valence-corrected chi connectivity index (χ4v) is 3.36. The van der Waals surface area contributed by atoms with Crippen LogP contribution in [0.2, 0.25) is 0 Å². The molecule has 1 aliphatic carbocycles. The van der Waals surface area contributed by atoms with Gasteiger partial charge < -0.3 is 10.1 Å². The molecule has 3 atom stereocenters. The van der Waals surface area contributed by atoms with Crippen LogP contribution in [0.4, 0.5) is 0 Å². The van der Waals surface area contributed by atoms with Gasteiger partial charge in [-0.2, -0.15) is 0 Å². The number of rotatable bonds is 5. The lowest BCUT2D eigenvalue weighted by molar-refractivity contribution is -0.0373. The normalized spacial score (nSPS) is 34.3. The Kier molecular flexibility index (Phi) is 5.74. The van der Waals surface area contributed by atoms with Gasteiger partial charge in [-0.1, -0.05) is 0 Å². The minimum absolute atomic E-state index is 0.356. The van der Waals surface area contributed by atoms with E-state index in [9.17, 15) is 0 Å². The molecule has 1 N–H and O–H groups in total. The van der Waals surface area contributed by atoms with Crippen molar-refractivity contribution in [3.63, 3.8) is 0 Å². The summed E-state index contributed by atoms with van der Waals surface area (Å²) in [5, 5.41) is 3.98. The highest BCUT2D eigenvalue weighted by Crippen LogP contribution is 2.28. The predicted molar refractivity (Wildman–Crippen MR) is 76.3 cm³/mol. The van der Waals surface area contributed by atoms with E-state index in [1.807, 2.05) is 0 Å². The smallest absolute Gasteiger partial charge is 0.0826 e. The van der Waals surface area contributed by atoms with Crippen molar-refractivity contribution in [1.29, 1.82) is 0 Å². The molecule has 0 aromatic carbocycles. The van der Waals surface area contributed by atoms with Crippen LogP contribution in [0.5, 0.6) is 0 Å².